The third-order valence-electron chi connectivity index (χ3n) is 3.66. The van der Waals surface area contributed by atoms with Gasteiger partial charge in [-0.3, -0.25) is 4.99 Å². The van der Waals surface area contributed by atoms with E-state index in [9.17, 15) is 12.8 Å². The highest BCUT2D eigenvalue weighted by Crippen LogP contribution is 2.15. The van der Waals surface area contributed by atoms with Crippen molar-refractivity contribution in [3.8, 4) is 0 Å². The molecular weight excluding hydrogens is 460 g/mol. The molecule has 1 heterocycles. The van der Waals surface area contributed by atoms with Crippen molar-refractivity contribution in [2.75, 3.05) is 32.0 Å². The van der Waals surface area contributed by atoms with E-state index >= 15 is 0 Å². The Balaban J connectivity index is 0.00000312. The van der Waals surface area contributed by atoms with Gasteiger partial charge in [0, 0.05) is 19.7 Å². The second kappa shape index (κ2) is 10.9. The summed E-state index contributed by atoms with van der Waals surface area (Å²) in [5.41, 5.74) is 0. The molecule has 0 saturated carbocycles. The summed E-state index contributed by atoms with van der Waals surface area (Å²) in [7, 11) is -3.68. The van der Waals surface area contributed by atoms with Gasteiger partial charge < -0.3 is 15.4 Å². The number of nitrogens with one attached hydrogen (secondary N) is 2. The van der Waals surface area contributed by atoms with Crippen molar-refractivity contribution in [3.05, 3.63) is 30.1 Å². The summed E-state index contributed by atoms with van der Waals surface area (Å²) < 4.78 is 43.5. The minimum Gasteiger partial charge on any atom is -0.376 e. The third-order valence-corrected chi connectivity index (χ3v) is 5.40. The fourth-order valence-electron chi connectivity index (χ4n) is 2.43. The van der Waals surface area contributed by atoms with Crippen LogP contribution in [0.4, 0.5) is 4.39 Å². The van der Waals surface area contributed by atoms with Crippen LogP contribution in [-0.4, -0.2) is 52.5 Å². The Morgan fingerprint density at radius 2 is 2.12 bits per heavy atom. The average Bonchev–Trinajstić information content (AvgIpc) is 3.06. The van der Waals surface area contributed by atoms with Crippen LogP contribution in [0.1, 0.15) is 19.8 Å². The van der Waals surface area contributed by atoms with E-state index in [0.29, 0.717) is 19.0 Å². The van der Waals surface area contributed by atoms with Crippen LogP contribution in [0.2, 0.25) is 0 Å². The number of halogens is 2. The lowest BCUT2D eigenvalue weighted by Gasteiger charge is -2.13. The predicted molar refractivity (Wildman–Crippen MR) is 107 cm³/mol. The maximum absolute atomic E-state index is 13.6. The Hall–Kier alpha value is -0.940. The first-order valence-electron chi connectivity index (χ1n) is 8.14. The number of ether oxygens (including phenoxy) is 1. The Morgan fingerprint density at radius 3 is 2.76 bits per heavy atom. The summed E-state index contributed by atoms with van der Waals surface area (Å²) in [5.74, 6) is -0.397. The molecule has 25 heavy (non-hydrogen) atoms. The molecule has 0 spiro atoms. The van der Waals surface area contributed by atoms with Gasteiger partial charge in [0.25, 0.3) is 0 Å². The third kappa shape index (κ3) is 7.06. The SMILES string of the molecule is CCNC(=NCC1CCCO1)NCCS(=O)(=O)c1ccccc1F.I. The summed E-state index contributed by atoms with van der Waals surface area (Å²) in [6, 6.07) is 5.40. The highest BCUT2D eigenvalue weighted by atomic mass is 127. The van der Waals surface area contributed by atoms with Gasteiger partial charge in [-0.2, -0.15) is 0 Å². The molecule has 1 atom stereocenters. The molecule has 1 aromatic rings. The lowest BCUT2D eigenvalue weighted by molar-refractivity contribution is 0.117. The molecule has 1 aromatic carbocycles. The van der Waals surface area contributed by atoms with E-state index in [1.807, 2.05) is 6.92 Å². The number of sulfone groups is 1. The normalized spacial score (nSPS) is 17.8. The first-order chi connectivity index (χ1) is 11.5. The van der Waals surface area contributed by atoms with Crippen molar-refractivity contribution in [2.45, 2.75) is 30.8 Å². The standard InChI is InChI=1S/C16H24FN3O3S.HI/c1-2-18-16(20-12-13-6-5-10-23-13)19-9-11-24(21,22)15-8-4-3-7-14(15)17;/h3-4,7-8,13H,2,5-6,9-12H2,1H3,(H2,18,19,20);1H. The Bertz CT molecular complexity index is 664. The first kappa shape index (κ1) is 22.1. The van der Waals surface area contributed by atoms with Gasteiger partial charge in [0.1, 0.15) is 10.7 Å². The zero-order chi connectivity index (χ0) is 17.4. The largest absolute Gasteiger partial charge is 0.376 e. The Labute approximate surface area is 165 Å². The van der Waals surface area contributed by atoms with Gasteiger partial charge in [-0.05, 0) is 31.9 Å². The van der Waals surface area contributed by atoms with Gasteiger partial charge in [-0.25, -0.2) is 12.8 Å². The maximum atomic E-state index is 13.6. The van der Waals surface area contributed by atoms with E-state index in [2.05, 4.69) is 15.6 Å². The lowest BCUT2D eigenvalue weighted by atomic mass is 10.2. The minimum absolute atomic E-state index is 0. The highest BCUT2D eigenvalue weighted by Gasteiger charge is 2.19. The lowest BCUT2D eigenvalue weighted by Crippen LogP contribution is -2.40. The van der Waals surface area contributed by atoms with Crippen molar-refractivity contribution in [2.24, 2.45) is 4.99 Å². The topological polar surface area (TPSA) is 79.8 Å². The van der Waals surface area contributed by atoms with Gasteiger partial charge in [0.2, 0.25) is 0 Å². The van der Waals surface area contributed by atoms with E-state index in [1.165, 1.54) is 18.2 Å². The highest BCUT2D eigenvalue weighted by molar-refractivity contribution is 14.0. The molecule has 0 aromatic heterocycles. The molecule has 9 heteroatoms. The average molecular weight is 485 g/mol. The van der Waals surface area contributed by atoms with Gasteiger partial charge >= 0.3 is 0 Å². The van der Waals surface area contributed by atoms with Crippen LogP contribution in [0.5, 0.6) is 0 Å². The molecule has 6 nitrogen and oxygen atoms in total. The first-order valence-corrected chi connectivity index (χ1v) is 9.79. The van der Waals surface area contributed by atoms with Gasteiger partial charge in [-0.15, -0.1) is 24.0 Å². The number of benzene rings is 1. The molecule has 0 aliphatic carbocycles. The number of rotatable bonds is 7. The van der Waals surface area contributed by atoms with Crippen LogP contribution in [-0.2, 0) is 14.6 Å². The van der Waals surface area contributed by atoms with E-state index in [-0.39, 0.29) is 47.3 Å². The Kier molecular flexibility index (Phi) is 9.65. The monoisotopic (exact) mass is 485 g/mol. The molecule has 1 unspecified atom stereocenters. The van der Waals surface area contributed by atoms with Crippen molar-refractivity contribution in [1.82, 2.24) is 10.6 Å². The number of guanidine groups is 1. The second-order valence-electron chi connectivity index (χ2n) is 5.53. The maximum Gasteiger partial charge on any atom is 0.191 e. The van der Waals surface area contributed by atoms with E-state index in [0.717, 1.165) is 25.5 Å². The molecule has 0 amide bonds. The molecule has 1 fully saturated rings. The van der Waals surface area contributed by atoms with Crippen molar-refractivity contribution in [3.63, 3.8) is 0 Å². The molecule has 2 N–H and O–H groups in total. The van der Waals surface area contributed by atoms with Gasteiger partial charge in [0.15, 0.2) is 15.8 Å². The van der Waals surface area contributed by atoms with Crippen LogP contribution in [0.15, 0.2) is 34.2 Å². The van der Waals surface area contributed by atoms with Crippen LogP contribution >= 0.6 is 24.0 Å². The van der Waals surface area contributed by atoms with Crippen molar-refractivity contribution < 1.29 is 17.5 Å². The van der Waals surface area contributed by atoms with Crippen molar-refractivity contribution >= 4 is 39.8 Å². The Morgan fingerprint density at radius 1 is 1.36 bits per heavy atom. The zero-order valence-corrected chi connectivity index (χ0v) is 17.3. The fraction of sp³-hybridized carbons (Fsp3) is 0.562. The number of nitrogens with zero attached hydrogens (tertiary/aromatic N) is 1. The van der Waals surface area contributed by atoms with E-state index in [1.54, 1.807) is 0 Å². The van der Waals surface area contributed by atoms with Crippen LogP contribution < -0.4 is 10.6 Å². The molecule has 1 saturated heterocycles. The fourth-order valence-corrected chi connectivity index (χ4v) is 3.68. The van der Waals surface area contributed by atoms with E-state index < -0.39 is 15.7 Å². The summed E-state index contributed by atoms with van der Waals surface area (Å²) in [6.07, 6.45) is 2.16. The molecular formula is C16H25FIN3O3S. The second-order valence-corrected chi connectivity index (χ2v) is 7.61. The summed E-state index contributed by atoms with van der Waals surface area (Å²) in [4.78, 5) is 4.14. The predicted octanol–water partition coefficient (Wildman–Crippen LogP) is 1.95. The van der Waals surface area contributed by atoms with E-state index in [4.69, 9.17) is 4.74 Å². The number of hydrogen-bond donors (Lipinski definition) is 2. The quantitative estimate of drug-likeness (QED) is 0.351. The van der Waals surface area contributed by atoms with Crippen LogP contribution in [0, 0.1) is 5.82 Å². The molecule has 2 rings (SSSR count). The number of hydrogen-bond acceptors (Lipinski definition) is 4. The molecule has 0 bridgehead atoms. The molecule has 142 valence electrons. The summed E-state index contributed by atoms with van der Waals surface area (Å²) >= 11 is 0. The van der Waals surface area contributed by atoms with Crippen LogP contribution in [0.3, 0.4) is 0 Å². The summed E-state index contributed by atoms with van der Waals surface area (Å²) in [6.45, 7) is 4.05. The summed E-state index contributed by atoms with van der Waals surface area (Å²) in [5, 5.41) is 6.03. The van der Waals surface area contributed by atoms with Gasteiger partial charge in [0.05, 0.1) is 18.4 Å². The number of aliphatic imine (C=N–C) groups is 1. The minimum atomic E-state index is -3.68. The zero-order valence-electron chi connectivity index (χ0n) is 14.2. The smallest absolute Gasteiger partial charge is 0.191 e. The molecule has 1 aliphatic heterocycles. The van der Waals surface area contributed by atoms with Crippen LogP contribution in [0.25, 0.3) is 0 Å². The molecule has 0 radical (unpaired) electrons. The van der Waals surface area contributed by atoms with Gasteiger partial charge in [-0.1, -0.05) is 12.1 Å². The molecule has 1 aliphatic rings. The van der Waals surface area contributed by atoms with Crippen molar-refractivity contribution in [1.29, 1.82) is 0 Å².